The maximum Gasteiger partial charge on any atom is 0.490 e. The molecular formula is C18H19F3N4O6. The van der Waals surface area contributed by atoms with Crippen molar-refractivity contribution >= 4 is 35.3 Å². The number of aliphatic carboxylic acids is 1. The van der Waals surface area contributed by atoms with Gasteiger partial charge in [0, 0.05) is 18.7 Å². The van der Waals surface area contributed by atoms with E-state index in [0.29, 0.717) is 18.8 Å². The Morgan fingerprint density at radius 1 is 1.23 bits per heavy atom. The first-order chi connectivity index (χ1) is 14.5. The first kappa shape index (κ1) is 23.8. The van der Waals surface area contributed by atoms with Gasteiger partial charge in [0.1, 0.15) is 6.04 Å². The van der Waals surface area contributed by atoms with Crippen LogP contribution in [0.4, 0.5) is 18.9 Å². The molecule has 31 heavy (non-hydrogen) atoms. The average Bonchev–Trinajstić information content (AvgIpc) is 2.93. The van der Waals surface area contributed by atoms with Gasteiger partial charge in [-0.1, -0.05) is 6.07 Å². The highest BCUT2D eigenvalue weighted by molar-refractivity contribution is 6.25. The zero-order chi connectivity index (χ0) is 23.3. The highest BCUT2D eigenvalue weighted by atomic mass is 19.4. The predicted octanol–water partition coefficient (Wildman–Crippen LogP) is 0.482. The number of fused-ring (bicyclic) bond motifs is 1. The lowest BCUT2D eigenvalue weighted by molar-refractivity contribution is -0.192. The minimum absolute atomic E-state index is 0.103. The maximum atomic E-state index is 12.8. The minimum Gasteiger partial charge on any atom is -0.475 e. The van der Waals surface area contributed by atoms with Crippen LogP contribution in [0.2, 0.25) is 0 Å². The molecule has 0 aromatic heterocycles. The molecule has 2 aliphatic heterocycles. The van der Waals surface area contributed by atoms with E-state index < -0.39 is 41.8 Å². The summed E-state index contributed by atoms with van der Waals surface area (Å²) in [7, 11) is 0. The number of hydrogen-bond donors (Lipinski definition) is 4. The van der Waals surface area contributed by atoms with Gasteiger partial charge in [-0.15, -0.1) is 0 Å². The predicted molar refractivity (Wildman–Crippen MR) is 99.0 cm³/mol. The molecule has 0 radical (unpaired) electrons. The summed E-state index contributed by atoms with van der Waals surface area (Å²) in [5.74, 6) is -4.78. The standard InChI is InChI=1S/C16H18N4O4.C2HF3O2/c17-7-2-8-18-10-4-1-3-9-13(10)16(24)20(15(9)23)11-5-6-12(21)19-14(11)22;3-2(4,5)1(6)7/h1,3-4,11,18H,2,5-8,17H2,(H,19,21,22);(H,6,7). The number of nitrogens with zero attached hydrogens (tertiary/aromatic N) is 1. The number of nitrogens with one attached hydrogen (secondary N) is 2. The zero-order valence-electron chi connectivity index (χ0n) is 16.0. The van der Waals surface area contributed by atoms with E-state index >= 15 is 0 Å². The largest absolute Gasteiger partial charge is 0.490 e. The summed E-state index contributed by atoms with van der Waals surface area (Å²) >= 11 is 0. The molecule has 1 fully saturated rings. The van der Waals surface area contributed by atoms with Gasteiger partial charge in [-0.25, -0.2) is 4.79 Å². The summed E-state index contributed by atoms with van der Waals surface area (Å²) in [5.41, 5.74) is 6.54. The molecule has 0 bridgehead atoms. The number of halogens is 3. The number of carboxylic acids is 1. The van der Waals surface area contributed by atoms with Crippen LogP contribution < -0.4 is 16.4 Å². The van der Waals surface area contributed by atoms with Crippen LogP contribution >= 0.6 is 0 Å². The fraction of sp³-hybridized carbons (Fsp3) is 0.389. The van der Waals surface area contributed by atoms with Crippen LogP contribution in [0, 0.1) is 0 Å². The molecule has 0 saturated carbocycles. The van der Waals surface area contributed by atoms with Gasteiger partial charge >= 0.3 is 12.1 Å². The molecule has 10 nitrogen and oxygen atoms in total. The Bertz CT molecular complexity index is 918. The molecule has 4 amide bonds. The number of imide groups is 2. The number of carbonyl (C=O) groups is 5. The van der Waals surface area contributed by atoms with E-state index in [1.807, 2.05) is 0 Å². The van der Waals surface area contributed by atoms with E-state index in [9.17, 15) is 32.3 Å². The molecule has 1 aromatic carbocycles. The van der Waals surface area contributed by atoms with E-state index in [4.69, 9.17) is 15.6 Å². The summed E-state index contributed by atoms with van der Waals surface area (Å²) in [6.45, 7) is 1.09. The Kier molecular flexibility index (Phi) is 7.33. The summed E-state index contributed by atoms with van der Waals surface area (Å²) in [6, 6.07) is 4.01. The molecule has 13 heteroatoms. The van der Waals surface area contributed by atoms with Crippen LogP contribution in [0.25, 0.3) is 0 Å². The lowest BCUT2D eigenvalue weighted by Gasteiger charge is -2.27. The maximum absolute atomic E-state index is 12.8. The number of amides is 4. The van der Waals surface area contributed by atoms with Crippen LogP contribution in [0.5, 0.6) is 0 Å². The SMILES string of the molecule is NCCCNc1cccc2c1C(=O)N(C1CCC(=O)NC1=O)C2=O.O=C(O)C(F)(F)F. The third kappa shape index (κ3) is 5.36. The first-order valence-electron chi connectivity index (χ1n) is 9.07. The number of nitrogens with two attached hydrogens (primary N) is 1. The molecule has 0 aliphatic carbocycles. The fourth-order valence-corrected chi connectivity index (χ4v) is 2.99. The quantitative estimate of drug-likeness (QED) is 0.377. The Morgan fingerprint density at radius 3 is 2.42 bits per heavy atom. The van der Waals surface area contributed by atoms with E-state index in [1.165, 1.54) is 0 Å². The molecular weight excluding hydrogens is 425 g/mol. The van der Waals surface area contributed by atoms with Gasteiger partial charge < -0.3 is 16.2 Å². The van der Waals surface area contributed by atoms with Crippen LogP contribution in [0.15, 0.2) is 18.2 Å². The second-order valence-electron chi connectivity index (χ2n) is 6.55. The molecule has 1 aromatic rings. The van der Waals surface area contributed by atoms with Crippen molar-refractivity contribution in [2.75, 3.05) is 18.4 Å². The first-order valence-corrected chi connectivity index (χ1v) is 9.07. The molecule has 1 unspecified atom stereocenters. The van der Waals surface area contributed by atoms with Gasteiger partial charge in [0.2, 0.25) is 11.8 Å². The van der Waals surface area contributed by atoms with Crippen LogP contribution in [0.3, 0.4) is 0 Å². The zero-order valence-corrected chi connectivity index (χ0v) is 16.0. The lowest BCUT2D eigenvalue weighted by Crippen LogP contribution is -2.54. The summed E-state index contributed by atoms with van der Waals surface area (Å²) in [5, 5.41) is 12.4. The molecule has 0 spiro atoms. The van der Waals surface area contributed by atoms with Gasteiger partial charge in [0.25, 0.3) is 11.8 Å². The number of hydrogen-bond acceptors (Lipinski definition) is 7. The number of alkyl halides is 3. The van der Waals surface area contributed by atoms with Crippen molar-refractivity contribution in [3.63, 3.8) is 0 Å². The van der Waals surface area contributed by atoms with Gasteiger partial charge in [-0.05, 0) is 31.5 Å². The minimum atomic E-state index is -5.08. The molecule has 3 rings (SSSR count). The number of rotatable bonds is 5. The van der Waals surface area contributed by atoms with Crippen molar-refractivity contribution < 1.29 is 42.3 Å². The summed E-state index contributed by atoms with van der Waals surface area (Å²) < 4.78 is 31.7. The van der Waals surface area contributed by atoms with E-state index in [0.717, 1.165) is 11.3 Å². The molecule has 1 atom stereocenters. The Labute approximate surface area is 173 Å². The van der Waals surface area contributed by atoms with Crippen molar-refractivity contribution in [3.8, 4) is 0 Å². The second kappa shape index (κ2) is 9.55. The summed E-state index contributed by atoms with van der Waals surface area (Å²) in [4.78, 5) is 58.5. The normalized spacial score (nSPS) is 18.2. The van der Waals surface area contributed by atoms with Crippen LogP contribution in [-0.4, -0.2) is 64.9 Å². The van der Waals surface area contributed by atoms with E-state index in [-0.39, 0.29) is 24.0 Å². The third-order valence-electron chi connectivity index (χ3n) is 4.41. The Morgan fingerprint density at radius 2 is 1.87 bits per heavy atom. The van der Waals surface area contributed by atoms with E-state index in [2.05, 4.69) is 10.6 Å². The van der Waals surface area contributed by atoms with Crippen molar-refractivity contribution in [2.24, 2.45) is 5.73 Å². The van der Waals surface area contributed by atoms with Crippen LogP contribution in [-0.2, 0) is 14.4 Å². The monoisotopic (exact) mass is 444 g/mol. The van der Waals surface area contributed by atoms with Crippen molar-refractivity contribution in [1.82, 2.24) is 10.2 Å². The third-order valence-corrected chi connectivity index (χ3v) is 4.41. The number of carboxylic acid groups (broad SMARTS) is 1. The highest BCUT2D eigenvalue weighted by Crippen LogP contribution is 2.32. The number of carbonyl (C=O) groups excluding carboxylic acids is 4. The molecule has 5 N–H and O–H groups in total. The van der Waals surface area contributed by atoms with Crippen molar-refractivity contribution in [2.45, 2.75) is 31.5 Å². The van der Waals surface area contributed by atoms with Crippen molar-refractivity contribution in [1.29, 1.82) is 0 Å². The van der Waals surface area contributed by atoms with Gasteiger partial charge in [0.15, 0.2) is 0 Å². The highest BCUT2D eigenvalue weighted by Gasteiger charge is 2.45. The smallest absolute Gasteiger partial charge is 0.475 e. The Balaban J connectivity index is 0.000000423. The number of anilines is 1. The van der Waals surface area contributed by atoms with Crippen molar-refractivity contribution in [3.05, 3.63) is 29.3 Å². The molecule has 168 valence electrons. The van der Waals surface area contributed by atoms with Crippen LogP contribution in [0.1, 0.15) is 40.0 Å². The lowest BCUT2D eigenvalue weighted by atomic mass is 10.0. The molecule has 2 aliphatic rings. The molecule has 1 saturated heterocycles. The molecule has 2 heterocycles. The van der Waals surface area contributed by atoms with E-state index in [1.54, 1.807) is 18.2 Å². The second-order valence-corrected chi connectivity index (χ2v) is 6.55. The average molecular weight is 444 g/mol. The topological polar surface area (TPSA) is 159 Å². The Hall–Kier alpha value is -3.48. The summed E-state index contributed by atoms with van der Waals surface area (Å²) in [6.07, 6.45) is -4.11. The van der Waals surface area contributed by atoms with Gasteiger partial charge in [-0.2, -0.15) is 13.2 Å². The van der Waals surface area contributed by atoms with Gasteiger partial charge in [0.05, 0.1) is 11.1 Å². The number of benzene rings is 1. The fourth-order valence-electron chi connectivity index (χ4n) is 2.99. The van der Waals surface area contributed by atoms with Gasteiger partial charge in [-0.3, -0.25) is 29.4 Å². The number of piperidine rings is 1.